The van der Waals surface area contributed by atoms with Crippen LogP contribution >= 0.6 is 0 Å². The summed E-state index contributed by atoms with van der Waals surface area (Å²) in [5.74, 6) is 0. The number of rotatable bonds is 4. The van der Waals surface area contributed by atoms with Gasteiger partial charge >= 0.3 is 0 Å². The van der Waals surface area contributed by atoms with Gasteiger partial charge < -0.3 is 5.32 Å². The van der Waals surface area contributed by atoms with E-state index in [2.05, 4.69) is 17.0 Å². The van der Waals surface area contributed by atoms with Gasteiger partial charge in [0.25, 0.3) is 0 Å². The molecule has 1 aromatic carbocycles. The molecule has 4 nitrogen and oxygen atoms in total. The lowest BCUT2D eigenvalue weighted by atomic mass is 9.81. The molecular formula is C15H24N2O2S. The topological polar surface area (TPSA) is 58.2 Å². The Kier molecular flexibility index (Phi) is 4.52. The number of benzene rings is 1. The van der Waals surface area contributed by atoms with E-state index in [1.165, 1.54) is 0 Å². The lowest BCUT2D eigenvalue weighted by Gasteiger charge is -2.34. The van der Waals surface area contributed by atoms with Crippen LogP contribution < -0.4 is 10.0 Å². The highest BCUT2D eigenvalue weighted by molar-refractivity contribution is 7.89. The van der Waals surface area contributed by atoms with E-state index >= 15 is 0 Å². The van der Waals surface area contributed by atoms with Gasteiger partial charge in [0, 0.05) is 6.54 Å². The van der Waals surface area contributed by atoms with Crippen LogP contribution in [0, 0.1) is 19.3 Å². The van der Waals surface area contributed by atoms with Gasteiger partial charge in [0.05, 0.1) is 4.90 Å². The Balaban J connectivity index is 2.13. The molecule has 1 aromatic rings. The molecule has 0 spiro atoms. The molecule has 2 rings (SSSR count). The second-order valence-corrected chi connectivity index (χ2v) is 7.89. The summed E-state index contributed by atoms with van der Waals surface area (Å²) in [6.45, 7) is 8.32. The first kappa shape index (κ1) is 15.5. The fourth-order valence-electron chi connectivity index (χ4n) is 2.55. The minimum atomic E-state index is -3.42. The fraction of sp³-hybridized carbons (Fsp3) is 0.600. The molecule has 1 aliphatic rings. The van der Waals surface area contributed by atoms with Crippen LogP contribution in [0.5, 0.6) is 0 Å². The van der Waals surface area contributed by atoms with E-state index in [1.54, 1.807) is 6.07 Å². The Morgan fingerprint density at radius 3 is 2.55 bits per heavy atom. The first-order chi connectivity index (χ1) is 9.32. The molecule has 20 heavy (non-hydrogen) atoms. The number of piperidine rings is 1. The third-order valence-corrected chi connectivity index (χ3v) is 5.68. The normalized spacial score (nSPS) is 18.9. The maximum absolute atomic E-state index is 12.5. The predicted octanol–water partition coefficient (Wildman–Crippen LogP) is 1.97. The second kappa shape index (κ2) is 5.84. The van der Waals surface area contributed by atoms with Crippen molar-refractivity contribution in [3.8, 4) is 0 Å². The summed E-state index contributed by atoms with van der Waals surface area (Å²) in [7, 11) is -3.42. The number of hydrogen-bond donors (Lipinski definition) is 2. The number of hydrogen-bond acceptors (Lipinski definition) is 3. The van der Waals surface area contributed by atoms with Crippen molar-refractivity contribution < 1.29 is 8.42 Å². The van der Waals surface area contributed by atoms with Gasteiger partial charge in [-0.3, -0.25) is 0 Å². The van der Waals surface area contributed by atoms with Crippen LogP contribution in [0.3, 0.4) is 0 Å². The Labute approximate surface area is 122 Å². The van der Waals surface area contributed by atoms with Gasteiger partial charge in [0.15, 0.2) is 0 Å². The van der Waals surface area contributed by atoms with Crippen molar-refractivity contribution in [2.45, 2.75) is 38.5 Å². The Morgan fingerprint density at radius 1 is 1.25 bits per heavy atom. The zero-order valence-electron chi connectivity index (χ0n) is 12.5. The molecule has 0 aromatic heterocycles. The fourth-order valence-corrected chi connectivity index (χ4v) is 4.08. The molecule has 112 valence electrons. The molecule has 0 bridgehead atoms. The number of nitrogens with one attached hydrogen (secondary N) is 2. The van der Waals surface area contributed by atoms with Gasteiger partial charge in [-0.2, -0.15) is 0 Å². The molecule has 1 saturated heterocycles. The first-order valence-corrected chi connectivity index (χ1v) is 8.58. The van der Waals surface area contributed by atoms with Crippen molar-refractivity contribution in [1.82, 2.24) is 10.0 Å². The van der Waals surface area contributed by atoms with Crippen molar-refractivity contribution in [3.05, 3.63) is 29.3 Å². The molecule has 0 atom stereocenters. The lowest BCUT2D eigenvalue weighted by molar-refractivity contribution is 0.232. The Bertz CT molecular complexity index is 576. The summed E-state index contributed by atoms with van der Waals surface area (Å²) in [6.07, 6.45) is 2.00. The molecule has 2 N–H and O–H groups in total. The van der Waals surface area contributed by atoms with Crippen LogP contribution in [0.15, 0.2) is 23.1 Å². The van der Waals surface area contributed by atoms with E-state index in [0.717, 1.165) is 37.1 Å². The second-order valence-electron chi connectivity index (χ2n) is 6.15. The third-order valence-electron chi connectivity index (χ3n) is 4.13. The van der Waals surface area contributed by atoms with E-state index in [-0.39, 0.29) is 5.41 Å². The van der Waals surface area contributed by atoms with E-state index in [9.17, 15) is 8.42 Å². The Morgan fingerprint density at radius 2 is 1.90 bits per heavy atom. The molecule has 0 unspecified atom stereocenters. The third kappa shape index (κ3) is 3.59. The summed E-state index contributed by atoms with van der Waals surface area (Å²) < 4.78 is 27.7. The van der Waals surface area contributed by atoms with Crippen molar-refractivity contribution in [1.29, 1.82) is 0 Å². The van der Waals surface area contributed by atoms with Gasteiger partial charge in [0.2, 0.25) is 10.0 Å². The first-order valence-electron chi connectivity index (χ1n) is 7.10. The standard InChI is InChI=1S/C15H24N2O2S/c1-12-4-5-13(2)14(10-12)20(18,19)17-11-15(3)6-8-16-9-7-15/h4-5,10,16-17H,6-9,11H2,1-3H3. The van der Waals surface area contributed by atoms with Crippen molar-refractivity contribution in [3.63, 3.8) is 0 Å². The van der Waals surface area contributed by atoms with E-state index in [4.69, 9.17) is 0 Å². The minimum Gasteiger partial charge on any atom is -0.317 e. The van der Waals surface area contributed by atoms with E-state index in [1.807, 2.05) is 26.0 Å². The smallest absolute Gasteiger partial charge is 0.240 e. The molecule has 0 amide bonds. The van der Waals surface area contributed by atoms with Crippen LogP contribution in [0.4, 0.5) is 0 Å². The highest BCUT2D eigenvalue weighted by Gasteiger charge is 2.29. The average molecular weight is 296 g/mol. The SMILES string of the molecule is Cc1ccc(C)c(S(=O)(=O)NCC2(C)CCNCC2)c1. The predicted molar refractivity (Wildman–Crippen MR) is 81.3 cm³/mol. The summed E-state index contributed by atoms with van der Waals surface area (Å²) >= 11 is 0. The number of aryl methyl sites for hydroxylation is 2. The molecule has 0 radical (unpaired) electrons. The molecule has 0 saturated carbocycles. The van der Waals surface area contributed by atoms with Crippen LogP contribution in [0.1, 0.15) is 30.9 Å². The van der Waals surface area contributed by atoms with Crippen LogP contribution in [-0.4, -0.2) is 28.1 Å². The van der Waals surface area contributed by atoms with Crippen LogP contribution in [-0.2, 0) is 10.0 Å². The van der Waals surface area contributed by atoms with Gasteiger partial charge in [-0.15, -0.1) is 0 Å². The Hall–Kier alpha value is -0.910. The van der Waals surface area contributed by atoms with Gasteiger partial charge in [-0.05, 0) is 62.4 Å². The molecule has 1 aliphatic heterocycles. The van der Waals surface area contributed by atoms with Crippen LogP contribution in [0.25, 0.3) is 0 Å². The minimum absolute atomic E-state index is 0.0516. The lowest BCUT2D eigenvalue weighted by Crippen LogP contribution is -2.42. The maximum atomic E-state index is 12.5. The highest BCUT2D eigenvalue weighted by Crippen LogP contribution is 2.27. The van der Waals surface area contributed by atoms with E-state index < -0.39 is 10.0 Å². The highest BCUT2D eigenvalue weighted by atomic mass is 32.2. The van der Waals surface area contributed by atoms with Crippen LogP contribution in [0.2, 0.25) is 0 Å². The molecule has 0 aliphatic carbocycles. The summed E-state index contributed by atoms with van der Waals surface area (Å²) in [6, 6.07) is 5.53. The largest absolute Gasteiger partial charge is 0.317 e. The molecule has 1 fully saturated rings. The number of sulfonamides is 1. The zero-order chi connectivity index (χ0) is 14.8. The van der Waals surface area contributed by atoms with Gasteiger partial charge in [0.1, 0.15) is 0 Å². The average Bonchev–Trinajstić information content (AvgIpc) is 2.40. The van der Waals surface area contributed by atoms with Crippen molar-refractivity contribution in [2.75, 3.05) is 19.6 Å². The van der Waals surface area contributed by atoms with Crippen molar-refractivity contribution in [2.24, 2.45) is 5.41 Å². The monoisotopic (exact) mass is 296 g/mol. The van der Waals surface area contributed by atoms with Gasteiger partial charge in [-0.1, -0.05) is 19.1 Å². The zero-order valence-corrected chi connectivity index (χ0v) is 13.3. The summed E-state index contributed by atoms with van der Waals surface area (Å²) in [5.41, 5.74) is 1.80. The summed E-state index contributed by atoms with van der Waals surface area (Å²) in [4.78, 5) is 0.398. The van der Waals surface area contributed by atoms with Crippen molar-refractivity contribution >= 4 is 10.0 Å². The maximum Gasteiger partial charge on any atom is 0.240 e. The molecule has 5 heteroatoms. The molecular weight excluding hydrogens is 272 g/mol. The quantitative estimate of drug-likeness (QED) is 0.893. The van der Waals surface area contributed by atoms with Gasteiger partial charge in [-0.25, -0.2) is 13.1 Å². The summed E-state index contributed by atoms with van der Waals surface area (Å²) in [5, 5.41) is 3.31. The van der Waals surface area contributed by atoms with E-state index in [0.29, 0.717) is 11.4 Å². The molecule has 1 heterocycles.